The molecule has 0 radical (unpaired) electrons. The molecule has 1 N–H and O–H groups in total. The molecule has 0 unspecified atom stereocenters. The second-order valence-electron chi connectivity index (χ2n) is 5.32. The Morgan fingerprint density at radius 1 is 1.16 bits per heavy atom. The Balaban J connectivity index is 1.68. The largest absolute Gasteiger partial charge is 0.369 e. The zero-order chi connectivity index (χ0) is 13.2. The summed E-state index contributed by atoms with van der Waals surface area (Å²) in [4.78, 5) is 13.9. The zero-order valence-electron chi connectivity index (χ0n) is 11.0. The van der Waals surface area contributed by atoms with Crippen LogP contribution in [0.3, 0.4) is 0 Å². The topological polar surface area (TPSA) is 40.5 Å². The van der Waals surface area contributed by atoms with Crippen molar-refractivity contribution in [1.82, 2.24) is 4.90 Å². The summed E-state index contributed by atoms with van der Waals surface area (Å²) in [6.07, 6.45) is 4.01. The molecule has 2 aliphatic rings. The normalized spacial score (nSPS) is 22.9. The summed E-state index contributed by atoms with van der Waals surface area (Å²) in [5.74, 6) is 0.0538. The van der Waals surface area contributed by atoms with Crippen LogP contribution < -0.4 is 0 Å². The maximum Gasteiger partial charge on any atom is 0.252 e. The van der Waals surface area contributed by atoms with Gasteiger partial charge in [-0.05, 0) is 43.2 Å². The second-order valence-corrected chi connectivity index (χ2v) is 5.32. The van der Waals surface area contributed by atoms with Crippen molar-refractivity contribution >= 4 is 5.91 Å². The van der Waals surface area contributed by atoms with Gasteiger partial charge >= 0.3 is 0 Å². The lowest BCUT2D eigenvalue weighted by Gasteiger charge is -2.22. The number of carbonyl (C=O) groups is 1. The molecule has 3 nitrogen and oxygen atoms in total. The van der Waals surface area contributed by atoms with Gasteiger partial charge in [-0.1, -0.05) is 30.3 Å². The van der Waals surface area contributed by atoms with Crippen LogP contribution in [0.5, 0.6) is 0 Å². The molecular formula is C16H19NO2. The number of aliphatic hydroxyl groups excluding tert-OH is 1. The summed E-state index contributed by atoms with van der Waals surface area (Å²) < 4.78 is 0. The van der Waals surface area contributed by atoms with Crippen molar-refractivity contribution in [3.63, 3.8) is 0 Å². The molecule has 3 rings (SSSR count). The fourth-order valence-electron chi connectivity index (χ4n) is 3.05. The van der Waals surface area contributed by atoms with Gasteiger partial charge in [0.1, 0.15) is 0 Å². The third-order valence-electron chi connectivity index (χ3n) is 4.12. The molecule has 1 aromatic rings. The number of amides is 1. The molecule has 0 fully saturated rings. The Labute approximate surface area is 113 Å². The van der Waals surface area contributed by atoms with E-state index < -0.39 is 6.23 Å². The van der Waals surface area contributed by atoms with E-state index >= 15 is 0 Å². The first-order valence-corrected chi connectivity index (χ1v) is 7.02. The lowest BCUT2D eigenvalue weighted by atomic mass is 9.93. The first-order chi connectivity index (χ1) is 9.27. The van der Waals surface area contributed by atoms with Crippen molar-refractivity contribution in [3.8, 4) is 0 Å². The predicted octanol–water partition coefficient (Wildman–Crippen LogP) is 2.26. The van der Waals surface area contributed by atoms with Gasteiger partial charge in [-0.2, -0.15) is 0 Å². The number of hydrogen-bond acceptors (Lipinski definition) is 2. The van der Waals surface area contributed by atoms with Gasteiger partial charge in [-0.25, -0.2) is 0 Å². The van der Waals surface area contributed by atoms with Crippen LogP contribution in [-0.4, -0.2) is 28.7 Å². The monoisotopic (exact) mass is 257 g/mol. The van der Waals surface area contributed by atoms with E-state index in [0.717, 1.165) is 43.3 Å². The molecule has 0 saturated heterocycles. The molecule has 0 spiro atoms. The molecule has 0 bridgehead atoms. The number of rotatable bonds is 3. The maximum absolute atomic E-state index is 12.3. The van der Waals surface area contributed by atoms with E-state index in [-0.39, 0.29) is 5.91 Å². The van der Waals surface area contributed by atoms with Gasteiger partial charge < -0.3 is 10.0 Å². The van der Waals surface area contributed by atoms with Crippen molar-refractivity contribution in [2.45, 2.75) is 38.3 Å². The van der Waals surface area contributed by atoms with Gasteiger partial charge in [-0.15, -0.1) is 0 Å². The first-order valence-electron chi connectivity index (χ1n) is 7.02. The highest BCUT2D eigenvalue weighted by atomic mass is 16.3. The van der Waals surface area contributed by atoms with Gasteiger partial charge in [0.2, 0.25) is 0 Å². The van der Waals surface area contributed by atoms with E-state index in [4.69, 9.17) is 0 Å². The highest BCUT2D eigenvalue weighted by Crippen LogP contribution is 2.35. The number of aliphatic hydroxyl groups is 1. The summed E-state index contributed by atoms with van der Waals surface area (Å²) in [6, 6.07) is 10.1. The molecule has 0 saturated carbocycles. The fraction of sp³-hybridized carbons (Fsp3) is 0.438. The summed E-state index contributed by atoms with van der Waals surface area (Å²) in [7, 11) is 0. The maximum atomic E-state index is 12.3. The average molecular weight is 257 g/mol. The van der Waals surface area contributed by atoms with Gasteiger partial charge in [0.05, 0.1) is 0 Å². The van der Waals surface area contributed by atoms with Crippen LogP contribution in [0.15, 0.2) is 41.5 Å². The van der Waals surface area contributed by atoms with Crippen LogP contribution in [0.25, 0.3) is 0 Å². The van der Waals surface area contributed by atoms with Crippen molar-refractivity contribution in [2.75, 3.05) is 6.54 Å². The number of nitrogens with zero attached hydrogens (tertiary/aromatic N) is 1. The third kappa shape index (κ3) is 2.30. The fourth-order valence-corrected chi connectivity index (χ4v) is 3.05. The smallest absolute Gasteiger partial charge is 0.252 e. The van der Waals surface area contributed by atoms with Crippen LogP contribution in [0.1, 0.15) is 31.2 Å². The summed E-state index contributed by atoms with van der Waals surface area (Å²) in [5.41, 5.74) is 3.06. The van der Waals surface area contributed by atoms with Gasteiger partial charge in [-0.3, -0.25) is 4.79 Å². The summed E-state index contributed by atoms with van der Waals surface area (Å²) >= 11 is 0. The molecule has 1 atom stereocenters. The van der Waals surface area contributed by atoms with Crippen LogP contribution in [0.4, 0.5) is 0 Å². The molecule has 1 aromatic carbocycles. The highest BCUT2D eigenvalue weighted by molar-refractivity contribution is 5.97. The standard InChI is InChI=1S/C16H19NO2/c18-15-13-8-4-5-9-14(13)16(19)17(15)11-10-12-6-2-1-3-7-12/h1-3,6-7,15,18H,4-5,8-11H2/t15-/m0/s1. The molecule has 1 aliphatic carbocycles. The van der Waals surface area contributed by atoms with E-state index in [2.05, 4.69) is 12.1 Å². The zero-order valence-corrected chi connectivity index (χ0v) is 11.0. The number of hydrogen-bond donors (Lipinski definition) is 1. The highest BCUT2D eigenvalue weighted by Gasteiger charge is 2.38. The van der Waals surface area contributed by atoms with Crippen LogP contribution in [0.2, 0.25) is 0 Å². The van der Waals surface area contributed by atoms with Crippen molar-refractivity contribution in [1.29, 1.82) is 0 Å². The average Bonchev–Trinajstić information content (AvgIpc) is 2.71. The molecule has 100 valence electrons. The van der Waals surface area contributed by atoms with Gasteiger partial charge in [0, 0.05) is 12.1 Å². The third-order valence-corrected chi connectivity index (χ3v) is 4.12. The Bertz CT molecular complexity index is 507. The van der Waals surface area contributed by atoms with Gasteiger partial charge in [0.15, 0.2) is 6.23 Å². The lowest BCUT2D eigenvalue weighted by Crippen LogP contribution is -2.37. The van der Waals surface area contributed by atoms with Crippen molar-refractivity contribution in [3.05, 3.63) is 47.0 Å². The van der Waals surface area contributed by atoms with E-state index in [1.54, 1.807) is 4.90 Å². The number of benzene rings is 1. The molecule has 1 heterocycles. The summed E-state index contributed by atoms with van der Waals surface area (Å²) in [6.45, 7) is 0.594. The second kappa shape index (κ2) is 5.17. The van der Waals surface area contributed by atoms with Crippen molar-refractivity contribution < 1.29 is 9.90 Å². The molecule has 19 heavy (non-hydrogen) atoms. The Morgan fingerprint density at radius 3 is 2.63 bits per heavy atom. The minimum Gasteiger partial charge on any atom is -0.369 e. The molecule has 3 heteroatoms. The first kappa shape index (κ1) is 12.4. The van der Waals surface area contributed by atoms with Crippen molar-refractivity contribution in [2.24, 2.45) is 0 Å². The lowest BCUT2D eigenvalue weighted by molar-refractivity contribution is -0.131. The minimum absolute atomic E-state index is 0.0538. The molecule has 1 aliphatic heterocycles. The van der Waals surface area contributed by atoms with E-state index in [1.165, 1.54) is 5.56 Å². The van der Waals surface area contributed by atoms with E-state index in [9.17, 15) is 9.90 Å². The number of carbonyl (C=O) groups excluding carboxylic acids is 1. The molecular weight excluding hydrogens is 238 g/mol. The minimum atomic E-state index is -0.675. The predicted molar refractivity (Wildman–Crippen MR) is 73.4 cm³/mol. The van der Waals surface area contributed by atoms with E-state index in [1.807, 2.05) is 18.2 Å². The molecule has 0 aromatic heterocycles. The van der Waals surface area contributed by atoms with Crippen LogP contribution in [0, 0.1) is 0 Å². The Kier molecular flexibility index (Phi) is 3.38. The van der Waals surface area contributed by atoms with Crippen LogP contribution >= 0.6 is 0 Å². The SMILES string of the molecule is O=C1C2=C(CCCC2)[C@H](O)N1CCc1ccccc1. The molecule has 1 amide bonds. The van der Waals surface area contributed by atoms with E-state index in [0.29, 0.717) is 6.54 Å². The summed E-state index contributed by atoms with van der Waals surface area (Å²) in [5, 5.41) is 10.3. The Hall–Kier alpha value is -1.61. The quantitative estimate of drug-likeness (QED) is 0.902. The van der Waals surface area contributed by atoms with Crippen LogP contribution in [-0.2, 0) is 11.2 Å². The van der Waals surface area contributed by atoms with Gasteiger partial charge in [0.25, 0.3) is 5.91 Å². The Morgan fingerprint density at radius 2 is 1.89 bits per heavy atom.